The van der Waals surface area contributed by atoms with Crippen LogP contribution in [0.15, 0.2) is 0 Å². The molecular formula is C6H11NS. The Bertz CT molecular complexity index is 105. The highest BCUT2D eigenvalue weighted by Crippen LogP contribution is 2.46. The smallest absolute Gasteiger partial charge is 0.0235 e. The van der Waals surface area contributed by atoms with Gasteiger partial charge in [-0.15, -0.1) is 0 Å². The minimum Gasteiger partial charge on any atom is -0.247 e. The molecule has 2 unspecified atom stereocenters. The van der Waals surface area contributed by atoms with Gasteiger partial charge in [0.25, 0.3) is 0 Å². The van der Waals surface area contributed by atoms with E-state index in [0.29, 0.717) is 0 Å². The number of fused-ring (bicyclic) bond motifs is 1. The van der Waals surface area contributed by atoms with Crippen LogP contribution in [0.3, 0.4) is 0 Å². The van der Waals surface area contributed by atoms with Crippen molar-refractivity contribution in [2.45, 2.75) is 18.9 Å². The molecule has 1 heterocycles. The highest BCUT2D eigenvalue weighted by Gasteiger charge is 2.46. The molecule has 1 aliphatic heterocycles. The molecule has 2 rings (SSSR count). The number of hydrogen-bond donors (Lipinski definition) is 0. The van der Waals surface area contributed by atoms with Gasteiger partial charge in [0.1, 0.15) is 0 Å². The van der Waals surface area contributed by atoms with Crippen molar-refractivity contribution < 1.29 is 0 Å². The topological polar surface area (TPSA) is 3.24 Å². The van der Waals surface area contributed by atoms with Crippen LogP contribution >= 0.6 is 11.9 Å². The molecule has 0 aromatic rings. The summed E-state index contributed by atoms with van der Waals surface area (Å²) in [5.41, 5.74) is 0. The van der Waals surface area contributed by atoms with E-state index in [9.17, 15) is 0 Å². The van der Waals surface area contributed by atoms with E-state index in [1.165, 1.54) is 19.4 Å². The molecule has 2 atom stereocenters. The monoisotopic (exact) mass is 129 g/mol. The molecule has 0 radical (unpaired) electrons. The van der Waals surface area contributed by atoms with Crippen LogP contribution in [0.1, 0.15) is 12.8 Å². The third-order valence-electron chi connectivity index (χ3n) is 2.21. The summed E-state index contributed by atoms with van der Waals surface area (Å²) in [6.45, 7) is 1.34. The molecule has 2 heteroatoms. The van der Waals surface area contributed by atoms with E-state index >= 15 is 0 Å². The third kappa shape index (κ3) is 0.594. The molecule has 0 amide bonds. The fourth-order valence-corrected chi connectivity index (χ4v) is 2.40. The molecule has 2 aliphatic rings. The summed E-state index contributed by atoms with van der Waals surface area (Å²) in [6.07, 6.45) is 5.13. The van der Waals surface area contributed by atoms with E-state index in [1.54, 1.807) is 0 Å². The largest absolute Gasteiger partial charge is 0.247 e. The predicted octanol–water partition coefficient (Wildman–Crippen LogP) is 1.36. The standard InChI is InChI=1S/C6H11NS/c1-8-7-3-2-5-4-6(5)7/h5-6H,2-4H2,1H3. The Labute approximate surface area is 54.6 Å². The highest BCUT2D eigenvalue weighted by molar-refractivity contribution is 7.96. The van der Waals surface area contributed by atoms with Crippen molar-refractivity contribution >= 4 is 11.9 Å². The van der Waals surface area contributed by atoms with Crippen LogP contribution in [0.25, 0.3) is 0 Å². The zero-order valence-corrected chi connectivity index (χ0v) is 5.95. The second kappa shape index (κ2) is 1.64. The van der Waals surface area contributed by atoms with Crippen molar-refractivity contribution in [3.05, 3.63) is 0 Å². The van der Waals surface area contributed by atoms with Crippen molar-refractivity contribution in [2.75, 3.05) is 12.8 Å². The van der Waals surface area contributed by atoms with Crippen LogP contribution in [-0.2, 0) is 0 Å². The van der Waals surface area contributed by atoms with Crippen molar-refractivity contribution in [2.24, 2.45) is 5.92 Å². The van der Waals surface area contributed by atoms with Gasteiger partial charge in [0.15, 0.2) is 0 Å². The molecule has 1 aliphatic carbocycles. The Morgan fingerprint density at radius 3 is 2.75 bits per heavy atom. The molecule has 1 saturated carbocycles. The Kier molecular flexibility index (Phi) is 1.05. The number of rotatable bonds is 1. The lowest BCUT2D eigenvalue weighted by Crippen LogP contribution is -2.12. The van der Waals surface area contributed by atoms with Gasteiger partial charge in [-0.3, -0.25) is 0 Å². The highest BCUT2D eigenvalue weighted by atomic mass is 32.2. The Morgan fingerprint density at radius 2 is 2.50 bits per heavy atom. The Hall–Kier alpha value is 0.310. The Balaban J connectivity index is 1.97. The molecule has 0 N–H and O–H groups in total. The van der Waals surface area contributed by atoms with Gasteiger partial charge in [0, 0.05) is 12.6 Å². The summed E-state index contributed by atoms with van der Waals surface area (Å²) in [4.78, 5) is 0. The van der Waals surface area contributed by atoms with Crippen molar-refractivity contribution in [1.82, 2.24) is 4.31 Å². The minimum absolute atomic E-state index is 0.991. The van der Waals surface area contributed by atoms with Crippen LogP contribution in [-0.4, -0.2) is 23.1 Å². The van der Waals surface area contributed by atoms with Gasteiger partial charge >= 0.3 is 0 Å². The van der Waals surface area contributed by atoms with E-state index in [0.717, 1.165) is 12.0 Å². The first-order chi connectivity index (χ1) is 3.92. The molecule has 1 nitrogen and oxygen atoms in total. The van der Waals surface area contributed by atoms with E-state index in [1.807, 2.05) is 11.9 Å². The van der Waals surface area contributed by atoms with Crippen molar-refractivity contribution in [3.8, 4) is 0 Å². The fourth-order valence-electron chi connectivity index (χ4n) is 1.58. The summed E-state index contributed by atoms with van der Waals surface area (Å²) >= 11 is 1.92. The van der Waals surface area contributed by atoms with Gasteiger partial charge in [0.2, 0.25) is 0 Å². The van der Waals surface area contributed by atoms with Gasteiger partial charge in [-0.25, -0.2) is 4.31 Å². The van der Waals surface area contributed by atoms with Gasteiger partial charge in [-0.05, 0) is 25.0 Å². The zero-order valence-electron chi connectivity index (χ0n) is 5.13. The zero-order chi connectivity index (χ0) is 5.56. The quantitative estimate of drug-likeness (QED) is 0.492. The molecule has 46 valence electrons. The molecule has 0 bridgehead atoms. The lowest BCUT2D eigenvalue weighted by Gasteiger charge is -2.11. The molecule has 0 spiro atoms. The number of nitrogens with zero attached hydrogens (tertiary/aromatic N) is 1. The van der Waals surface area contributed by atoms with Gasteiger partial charge in [-0.2, -0.15) is 0 Å². The summed E-state index contributed by atoms with van der Waals surface area (Å²) in [5, 5.41) is 0. The average molecular weight is 129 g/mol. The maximum absolute atomic E-state index is 2.52. The first-order valence-corrected chi connectivity index (χ1v) is 4.40. The second-order valence-electron chi connectivity index (χ2n) is 2.68. The summed E-state index contributed by atoms with van der Waals surface area (Å²) < 4.78 is 2.52. The lowest BCUT2D eigenvalue weighted by molar-refractivity contribution is 0.523. The molecule has 2 fully saturated rings. The lowest BCUT2D eigenvalue weighted by atomic mass is 10.3. The van der Waals surface area contributed by atoms with Gasteiger partial charge in [-0.1, -0.05) is 11.9 Å². The number of piperidine rings is 1. The molecule has 0 aromatic carbocycles. The van der Waals surface area contributed by atoms with E-state index < -0.39 is 0 Å². The van der Waals surface area contributed by atoms with Crippen molar-refractivity contribution in [1.29, 1.82) is 0 Å². The molecule has 1 saturated heterocycles. The molecule has 8 heavy (non-hydrogen) atoms. The summed E-state index contributed by atoms with van der Waals surface area (Å²) in [7, 11) is 0. The molecule has 0 aromatic heterocycles. The van der Waals surface area contributed by atoms with E-state index in [2.05, 4.69) is 10.6 Å². The Morgan fingerprint density at radius 1 is 1.62 bits per heavy atom. The fraction of sp³-hybridized carbons (Fsp3) is 1.00. The normalized spacial score (nSPS) is 44.6. The van der Waals surface area contributed by atoms with Crippen LogP contribution in [0.5, 0.6) is 0 Å². The van der Waals surface area contributed by atoms with Crippen LogP contribution < -0.4 is 0 Å². The average Bonchev–Trinajstić information content (AvgIpc) is 2.46. The number of hydrogen-bond acceptors (Lipinski definition) is 2. The SMILES string of the molecule is CSN1CCC2CC21. The molecular weight excluding hydrogens is 118 g/mol. The van der Waals surface area contributed by atoms with Gasteiger partial charge in [0.05, 0.1) is 0 Å². The van der Waals surface area contributed by atoms with E-state index in [-0.39, 0.29) is 0 Å². The van der Waals surface area contributed by atoms with Crippen LogP contribution in [0, 0.1) is 5.92 Å². The predicted molar refractivity (Wildman–Crippen MR) is 36.7 cm³/mol. The minimum atomic E-state index is 0.991. The third-order valence-corrected chi connectivity index (χ3v) is 3.13. The first-order valence-electron chi connectivity index (χ1n) is 3.22. The van der Waals surface area contributed by atoms with E-state index in [4.69, 9.17) is 0 Å². The summed E-state index contributed by atoms with van der Waals surface area (Å²) in [5.74, 6) is 1.10. The summed E-state index contributed by atoms with van der Waals surface area (Å²) in [6, 6.07) is 0.991. The van der Waals surface area contributed by atoms with Crippen molar-refractivity contribution in [3.63, 3.8) is 0 Å². The van der Waals surface area contributed by atoms with Gasteiger partial charge < -0.3 is 0 Å². The van der Waals surface area contributed by atoms with Crippen LogP contribution in [0.2, 0.25) is 0 Å². The maximum atomic E-state index is 2.52. The van der Waals surface area contributed by atoms with Crippen LogP contribution in [0.4, 0.5) is 0 Å². The maximum Gasteiger partial charge on any atom is 0.0235 e. The first kappa shape index (κ1) is 5.12. The second-order valence-corrected chi connectivity index (χ2v) is 3.51.